The van der Waals surface area contributed by atoms with Gasteiger partial charge in [0.15, 0.2) is 98.6 Å². The Morgan fingerprint density at radius 3 is 0.942 bits per heavy atom. The number of nitrogens with one attached hydrogen (secondary N) is 2. The summed E-state index contributed by atoms with van der Waals surface area (Å²) in [5.41, 5.74) is 0. The zero-order valence-electron chi connectivity index (χ0n) is 74.4. The molecule has 29 atom stereocenters. The first kappa shape index (κ1) is 119. The second-order valence-corrected chi connectivity index (χ2v) is 38.0. The van der Waals surface area contributed by atoms with Gasteiger partial charge in [-0.2, -0.15) is 55.2 Å². The predicted molar refractivity (Wildman–Crippen MR) is 435 cm³/mol. The number of aliphatic hydroxyl groups excluding tert-OH is 2. The fourth-order valence-corrected chi connectivity index (χ4v) is 17.4. The first-order valence-corrected chi connectivity index (χ1v) is 50.8. The number of esters is 7. The van der Waals surface area contributed by atoms with E-state index < -0.39 is 364 Å². The highest BCUT2D eigenvalue weighted by Gasteiger charge is 2.65. The van der Waals surface area contributed by atoms with Crippen LogP contribution in [0.15, 0.2) is 0 Å². The summed E-state index contributed by atoms with van der Waals surface area (Å²) < 4.78 is 348. The van der Waals surface area contributed by atoms with Gasteiger partial charge in [-0.1, -0.05) is 98.8 Å². The highest BCUT2D eigenvalue weighted by atomic mass is 32.3. The van der Waals surface area contributed by atoms with Crippen molar-refractivity contribution in [3.8, 4) is 0 Å². The number of carbonyl (C=O) groups excluding carboxylic acids is 8. The molecule has 0 aliphatic carbocycles. The molecule has 6 heterocycles. The molecule has 6 fully saturated rings. The molecule has 0 aromatic rings. The normalized spacial score (nSPS) is 31.7. The van der Waals surface area contributed by atoms with E-state index in [4.69, 9.17) is 97.8 Å². The average molecular weight is 2110 g/mol. The molecule has 0 bridgehead atoms. The first-order chi connectivity index (χ1) is 63.8. The molecule has 137 heavy (non-hydrogen) atoms. The summed E-state index contributed by atoms with van der Waals surface area (Å²) in [5.74, 6) is -17.8. The average Bonchev–Trinajstić information content (AvgIpc) is 0.783. The predicted octanol–water partition coefficient (Wildman–Crippen LogP) is -2.66. The Morgan fingerprint density at radius 2 is 0.606 bits per heavy atom. The number of unbranched alkanes of at least 4 members (excludes halogenated alkanes) is 10. The van der Waals surface area contributed by atoms with Gasteiger partial charge in [0.25, 0.3) is 0 Å². The van der Waals surface area contributed by atoms with Crippen LogP contribution in [0.25, 0.3) is 0 Å². The number of carboxylic acids is 3. The minimum atomic E-state index is -6.55. The van der Waals surface area contributed by atoms with E-state index in [-0.39, 0.29) is 51.4 Å². The smallest absolute Gasteiger partial charge is 0.397 e. The van der Waals surface area contributed by atoms with Crippen LogP contribution in [0.5, 0.6) is 0 Å². The van der Waals surface area contributed by atoms with E-state index in [1.54, 1.807) is 34.6 Å². The quantitative estimate of drug-likeness (QED) is 0.0128. The highest BCUT2D eigenvalue weighted by molar-refractivity contribution is 7.84. The summed E-state index contributed by atoms with van der Waals surface area (Å²) in [6, 6.07) is -5.79. The van der Waals surface area contributed by atoms with Crippen molar-refractivity contribution in [1.82, 2.24) is 10.0 Å². The Balaban J connectivity index is 1.63. The number of ether oxygens (including phenoxy) is 18. The number of amides is 1. The third kappa shape index (κ3) is 38.3. The van der Waals surface area contributed by atoms with Gasteiger partial charge < -0.3 is 116 Å². The van der Waals surface area contributed by atoms with E-state index in [0.717, 1.165) is 13.8 Å². The van der Waals surface area contributed by atoms with E-state index in [9.17, 15) is 156 Å². The summed E-state index contributed by atoms with van der Waals surface area (Å²) in [7, 11) is -36.5. The molecule has 0 spiro atoms. The van der Waals surface area contributed by atoms with Crippen molar-refractivity contribution in [3.05, 3.63) is 0 Å². The maximum Gasteiger partial charge on any atom is 0.397 e. The fraction of sp³-hybridized carbons (Fsp3) is 0.847. The Bertz CT molecular complexity index is 4760. The van der Waals surface area contributed by atoms with Crippen LogP contribution >= 0.6 is 0 Å². The van der Waals surface area contributed by atoms with Crippen molar-refractivity contribution in [3.63, 3.8) is 0 Å². The topological polar surface area (TPSA) is 851 Å². The molecule has 59 nitrogen and oxygen atoms in total. The van der Waals surface area contributed by atoms with Gasteiger partial charge in [-0.05, 0) is 32.1 Å². The number of aliphatic carboxylic acids is 3. The van der Waals surface area contributed by atoms with Gasteiger partial charge in [0.05, 0.1) is 26.4 Å². The second kappa shape index (κ2) is 53.8. The van der Waals surface area contributed by atoms with E-state index in [1.165, 1.54) is 4.72 Å². The van der Waals surface area contributed by atoms with Crippen molar-refractivity contribution in [1.29, 1.82) is 0 Å². The summed E-state index contributed by atoms with van der Waals surface area (Å²) in [4.78, 5) is 152. The zero-order chi connectivity index (χ0) is 103. The van der Waals surface area contributed by atoms with E-state index in [0.29, 0.717) is 51.9 Å². The number of aliphatic hydroxyl groups is 2. The molecule has 6 aliphatic heterocycles. The van der Waals surface area contributed by atoms with Crippen LogP contribution in [0.3, 0.4) is 0 Å². The molecule has 29 unspecified atom stereocenters. The Kier molecular flexibility index (Phi) is 46.6. The minimum Gasteiger partial charge on any atom is -0.479 e. The van der Waals surface area contributed by atoms with Crippen LogP contribution in [0, 0.1) is 0 Å². The molecular formula is C72H114N2O57S6. The molecule has 6 rings (SSSR count). The van der Waals surface area contributed by atoms with E-state index in [2.05, 4.69) is 13.7 Å². The molecule has 6 aliphatic rings. The van der Waals surface area contributed by atoms with Gasteiger partial charge in [0.1, 0.15) is 79.2 Å². The lowest BCUT2D eigenvalue weighted by molar-refractivity contribution is -0.375. The van der Waals surface area contributed by atoms with Gasteiger partial charge in [-0.3, -0.25) is 65.7 Å². The molecule has 0 radical (unpaired) electrons. The van der Waals surface area contributed by atoms with Crippen LogP contribution in [-0.2, 0) is 221 Å². The molecule has 6 saturated heterocycles. The van der Waals surface area contributed by atoms with Gasteiger partial charge in [-0.15, -0.1) is 0 Å². The number of carbonyl (C=O) groups is 11. The highest BCUT2D eigenvalue weighted by Crippen LogP contribution is 2.43. The SMILES string of the molecule is CCCCCC(=O)OC1C(CO)OC(COS(=O)(=O)O)C1OC1OC(C(=O)O)C(OC2OC(COS(=O)(=O)O)C(OC3OC(C(=O)O)C(OC4OC(COS(=O)(=O)O)C(OC5OC(C(=O)O)C(O)C(OC(=O)CCCCC)C5OC(C)=O)C(OC(=O)CCCCC)C4NC(C)=O)C(OC(=O)CCCCC)C3OC(C)=O)C(OS(=O)(=O)O)C2NS(=O)(=O)O)C(OC(=O)CCCCC)C1OS(=O)(=O)O. The lowest BCUT2D eigenvalue weighted by atomic mass is 9.93. The molecule has 790 valence electrons. The molecule has 1 amide bonds. The maximum atomic E-state index is 14.5. The fourth-order valence-electron chi connectivity index (χ4n) is 14.9. The zero-order valence-corrected chi connectivity index (χ0v) is 79.3. The van der Waals surface area contributed by atoms with Crippen molar-refractivity contribution < 1.29 is 262 Å². The van der Waals surface area contributed by atoms with Gasteiger partial charge in [0, 0.05) is 52.9 Å². The van der Waals surface area contributed by atoms with Gasteiger partial charge in [0.2, 0.25) is 5.91 Å². The Labute approximate surface area is 784 Å². The Morgan fingerprint density at radius 1 is 0.307 bits per heavy atom. The largest absolute Gasteiger partial charge is 0.479 e. The van der Waals surface area contributed by atoms with Crippen molar-refractivity contribution in [2.75, 3.05) is 26.4 Å². The van der Waals surface area contributed by atoms with Crippen LogP contribution in [-0.4, -0.2) is 373 Å². The summed E-state index contributed by atoms with van der Waals surface area (Å²) in [6.45, 7) is 4.04. The third-order valence-corrected chi connectivity index (χ3v) is 23.5. The molecule has 65 heteroatoms. The second-order valence-electron chi connectivity index (χ2n) is 31.4. The van der Waals surface area contributed by atoms with Crippen molar-refractivity contribution >= 4 is 128 Å². The summed E-state index contributed by atoms with van der Waals surface area (Å²) in [5, 5.41) is 57.5. The van der Waals surface area contributed by atoms with E-state index in [1.807, 2.05) is 0 Å². The Hall–Kier alpha value is -7.13. The van der Waals surface area contributed by atoms with Crippen LogP contribution in [0.2, 0.25) is 0 Å². The molecule has 0 aromatic heterocycles. The number of carboxylic acid groups (broad SMARTS) is 3. The third-order valence-electron chi connectivity index (χ3n) is 20.7. The monoisotopic (exact) mass is 2110 g/mol. The van der Waals surface area contributed by atoms with Gasteiger partial charge in [-0.25, -0.2) is 35.3 Å². The summed E-state index contributed by atoms with van der Waals surface area (Å²) in [6.07, 6.45) is -74.4. The molecule has 0 saturated carbocycles. The number of hydrogen-bond donors (Lipinski definition) is 13. The number of hydrogen-bond acceptors (Lipinski definition) is 48. The molecule has 13 N–H and O–H groups in total. The molecule has 0 aromatic carbocycles. The van der Waals surface area contributed by atoms with Crippen LogP contribution < -0.4 is 10.0 Å². The van der Waals surface area contributed by atoms with Crippen molar-refractivity contribution in [2.45, 2.75) is 362 Å². The van der Waals surface area contributed by atoms with Crippen LogP contribution in [0.1, 0.15) is 184 Å². The first-order valence-electron chi connectivity index (χ1n) is 42.5. The lowest BCUT2D eigenvalue weighted by Gasteiger charge is -2.51. The maximum absolute atomic E-state index is 14.5. The van der Waals surface area contributed by atoms with E-state index >= 15 is 0 Å². The standard InChI is InChI=1S/C72H114N2O57S6/c1-9-14-19-24-40(79)117-48-36(29-75)114-37(30-109-133(94,95)96)49(48)122-72-64(131-137(106,107)108)59(121-44(83)28-23-18-13-5)57(61(129-72)67(89)90)127-69-46(74-132(91,92)93)53(130-136(103,104)105)51(39(116-69)32-111-135(100,101)102)124-71-63(113-35(8)78)58(120-43(82)27-22-17-12-4)56(60(128-71)66(87)88)126-68-45(73-33(6)76)52(118-41(80)25-20-15-10-2)50(38(115-68)31-110-134(97,98)99)123-70-62(112-34(7)77)54(47(84)55(125-70)65(85)86)119-42(81)26-21-16-11-3/h36-39,45-64,68-72,74-75,84H,9-32H2,1-8H3,(H,73,76)(H,85,86)(H,87,88)(H,89,90)(H,91,92,93)(H,94,95,96)(H,97,98,99)(H,100,101,102)(H,103,104,105)(H,106,107,108). The minimum absolute atomic E-state index is 0.0330. The van der Waals surface area contributed by atoms with Crippen molar-refractivity contribution in [2.24, 2.45) is 0 Å². The number of rotatable bonds is 57. The molecular weight excluding hydrogens is 2000 g/mol. The lowest BCUT2D eigenvalue weighted by Crippen LogP contribution is -2.72. The van der Waals surface area contributed by atoms with Gasteiger partial charge >= 0.3 is 122 Å². The summed E-state index contributed by atoms with van der Waals surface area (Å²) >= 11 is 0. The van der Waals surface area contributed by atoms with Crippen LogP contribution in [0.4, 0.5) is 0 Å².